The van der Waals surface area contributed by atoms with E-state index in [0.29, 0.717) is 23.7 Å². The van der Waals surface area contributed by atoms with Crippen LogP contribution in [-0.4, -0.2) is 38.6 Å². The Hall–Kier alpha value is -3.09. The third-order valence-corrected chi connectivity index (χ3v) is 5.05. The highest BCUT2D eigenvalue weighted by Crippen LogP contribution is 2.32. The Bertz CT molecular complexity index is 930. The van der Waals surface area contributed by atoms with Crippen LogP contribution >= 0.6 is 0 Å². The molecule has 7 heteroatoms. The first-order valence-electron chi connectivity index (χ1n) is 9.63. The van der Waals surface area contributed by atoms with E-state index in [9.17, 15) is 14.0 Å². The van der Waals surface area contributed by atoms with Gasteiger partial charge in [-0.2, -0.15) is 0 Å². The van der Waals surface area contributed by atoms with Crippen molar-refractivity contribution in [3.63, 3.8) is 0 Å². The van der Waals surface area contributed by atoms with E-state index in [4.69, 9.17) is 4.74 Å². The number of anilines is 2. The Balaban J connectivity index is 1.58. The molecule has 29 heavy (non-hydrogen) atoms. The van der Waals surface area contributed by atoms with Gasteiger partial charge in [-0.1, -0.05) is 12.1 Å². The summed E-state index contributed by atoms with van der Waals surface area (Å²) < 4.78 is 19.6. The largest absolute Gasteiger partial charge is 0.495 e. The fraction of sp³-hybridized carbons (Fsp3) is 0.364. The molecule has 1 heterocycles. The van der Waals surface area contributed by atoms with Gasteiger partial charge in [0.25, 0.3) is 0 Å². The highest BCUT2D eigenvalue weighted by molar-refractivity contribution is 5.96. The molecule has 2 aromatic rings. The molecule has 0 saturated carbocycles. The highest BCUT2D eigenvalue weighted by Gasteiger charge is 2.24. The van der Waals surface area contributed by atoms with Crippen molar-refractivity contribution in [2.24, 2.45) is 0 Å². The van der Waals surface area contributed by atoms with Crippen LogP contribution in [0.4, 0.5) is 15.8 Å². The van der Waals surface area contributed by atoms with Crippen LogP contribution in [0.5, 0.6) is 5.75 Å². The molecule has 3 rings (SSSR count). The first kappa shape index (κ1) is 20.6. The summed E-state index contributed by atoms with van der Waals surface area (Å²) >= 11 is 0. The summed E-state index contributed by atoms with van der Waals surface area (Å²) in [4.78, 5) is 26.4. The van der Waals surface area contributed by atoms with Gasteiger partial charge in [-0.15, -0.1) is 0 Å². The number of hydrogen-bond acceptors (Lipinski definition) is 4. The number of carbonyl (C=O) groups is 2. The minimum atomic E-state index is -0.358. The van der Waals surface area contributed by atoms with Gasteiger partial charge < -0.3 is 20.3 Å². The lowest BCUT2D eigenvalue weighted by Gasteiger charge is -2.32. The number of ether oxygens (including phenoxy) is 1. The van der Waals surface area contributed by atoms with Crippen LogP contribution in [0.3, 0.4) is 0 Å². The lowest BCUT2D eigenvalue weighted by molar-refractivity contribution is -0.123. The van der Waals surface area contributed by atoms with Crippen LogP contribution in [-0.2, 0) is 16.0 Å². The van der Waals surface area contributed by atoms with Crippen LogP contribution in [0.15, 0.2) is 30.3 Å². The molecule has 0 fully saturated rings. The molecule has 6 nitrogen and oxygen atoms in total. The van der Waals surface area contributed by atoms with Gasteiger partial charge in [-0.25, -0.2) is 4.39 Å². The van der Waals surface area contributed by atoms with E-state index in [1.54, 1.807) is 23.1 Å². The van der Waals surface area contributed by atoms with Crippen LogP contribution in [0.1, 0.15) is 23.1 Å². The Labute approximate surface area is 170 Å². The molecule has 0 saturated heterocycles. The maximum atomic E-state index is 14.4. The number of hydrogen-bond donors (Lipinski definition) is 2. The van der Waals surface area contributed by atoms with Crippen molar-refractivity contribution in [2.45, 2.75) is 26.7 Å². The quantitative estimate of drug-likeness (QED) is 0.784. The predicted molar refractivity (Wildman–Crippen MR) is 111 cm³/mol. The fourth-order valence-corrected chi connectivity index (χ4v) is 3.60. The normalized spacial score (nSPS) is 12.9. The summed E-state index contributed by atoms with van der Waals surface area (Å²) in [6.45, 7) is 4.30. The standard InChI is InChI=1S/C22H26FN3O3/c1-14-6-9-19(29-3)18(11-14)25-20(27)12-24-21(28)13-26-10-4-5-16-15(2)7-8-17(23)22(16)26/h6-9,11H,4-5,10,12-13H2,1-3H3,(H,24,28)(H,25,27). The SMILES string of the molecule is COc1ccc(C)cc1NC(=O)CNC(=O)CN1CCCc2c(C)ccc(F)c21. The van der Waals surface area contributed by atoms with Crippen molar-refractivity contribution in [1.82, 2.24) is 5.32 Å². The molecular weight excluding hydrogens is 373 g/mol. The molecule has 2 amide bonds. The van der Waals surface area contributed by atoms with Crippen LogP contribution in [0, 0.1) is 19.7 Å². The summed E-state index contributed by atoms with van der Waals surface area (Å²) in [5.41, 5.74) is 4.01. The van der Waals surface area contributed by atoms with E-state index in [0.717, 1.165) is 29.5 Å². The molecule has 2 N–H and O–H groups in total. The van der Waals surface area contributed by atoms with Gasteiger partial charge in [-0.3, -0.25) is 9.59 Å². The van der Waals surface area contributed by atoms with Gasteiger partial charge in [0.05, 0.1) is 31.6 Å². The van der Waals surface area contributed by atoms with Gasteiger partial charge in [-0.05, 0) is 61.6 Å². The van der Waals surface area contributed by atoms with Gasteiger partial charge in [0.15, 0.2) is 0 Å². The number of carbonyl (C=O) groups excluding carboxylic acids is 2. The molecule has 0 atom stereocenters. The zero-order valence-corrected chi connectivity index (χ0v) is 17.0. The third-order valence-electron chi connectivity index (χ3n) is 5.05. The van der Waals surface area contributed by atoms with Gasteiger partial charge in [0.1, 0.15) is 11.6 Å². The molecule has 0 aromatic heterocycles. The number of benzene rings is 2. The second-order valence-corrected chi connectivity index (χ2v) is 7.25. The lowest BCUT2D eigenvalue weighted by Crippen LogP contribution is -2.42. The maximum Gasteiger partial charge on any atom is 0.243 e. The summed E-state index contributed by atoms with van der Waals surface area (Å²) in [6, 6.07) is 8.66. The van der Waals surface area contributed by atoms with Crippen molar-refractivity contribution < 1.29 is 18.7 Å². The second-order valence-electron chi connectivity index (χ2n) is 7.25. The first-order chi connectivity index (χ1) is 13.9. The number of methoxy groups -OCH3 is 1. The number of aryl methyl sites for hydroxylation is 2. The third kappa shape index (κ3) is 4.85. The predicted octanol–water partition coefficient (Wildman–Crippen LogP) is 2.96. The smallest absolute Gasteiger partial charge is 0.243 e. The Morgan fingerprint density at radius 2 is 1.97 bits per heavy atom. The molecule has 1 aliphatic heterocycles. The van der Waals surface area contributed by atoms with E-state index in [1.807, 2.05) is 19.9 Å². The fourth-order valence-electron chi connectivity index (χ4n) is 3.60. The summed E-state index contributed by atoms with van der Waals surface area (Å²) in [6.07, 6.45) is 1.66. The molecule has 2 aromatic carbocycles. The number of halogens is 1. The van der Waals surface area contributed by atoms with Crippen molar-refractivity contribution >= 4 is 23.2 Å². The van der Waals surface area contributed by atoms with E-state index < -0.39 is 0 Å². The highest BCUT2D eigenvalue weighted by atomic mass is 19.1. The molecule has 0 aliphatic carbocycles. The number of amides is 2. The van der Waals surface area contributed by atoms with Gasteiger partial charge in [0.2, 0.25) is 11.8 Å². The monoisotopic (exact) mass is 399 g/mol. The Morgan fingerprint density at radius 1 is 1.17 bits per heavy atom. The van der Waals surface area contributed by atoms with Crippen LogP contribution in [0.25, 0.3) is 0 Å². The lowest BCUT2D eigenvalue weighted by atomic mass is 9.96. The van der Waals surface area contributed by atoms with Crippen LogP contribution < -0.4 is 20.3 Å². The molecule has 1 aliphatic rings. The van der Waals surface area contributed by atoms with Crippen molar-refractivity contribution in [1.29, 1.82) is 0 Å². The van der Waals surface area contributed by atoms with Crippen molar-refractivity contribution in [3.05, 3.63) is 52.8 Å². The average Bonchev–Trinajstić information content (AvgIpc) is 2.69. The summed E-state index contributed by atoms with van der Waals surface area (Å²) in [5, 5.41) is 5.35. The van der Waals surface area contributed by atoms with E-state index >= 15 is 0 Å². The first-order valence-corrected chi connectivity index (χ1v) is 9.63. The topological polar surface area (TPSA) is 70.7 Å². The van der Waals surface area contributed by atoms with Gasteiger partial charge >= 0.3 is 0 Å². The van der Waals surface area contributed by atoms with E-state index in [1.165, 1.54) is 13.2 Å². The van der Waals surface area contributed by atoms with Crippen molar-refractivity contribution in [2.75, 3.05) is 37.0 Å². The Kier molecular flexibility index (Phi) is 6.36. The zero-order chi connectivity index (χ0) is 21.0. The molecule has 0 spiro atoms. The van der Waals surface area contributed by atoms with Gasteiger partial charge in [0, 0.05) is 6.54 Å². The van der Waals surface area contributed by atoms with Crippen molar-refractivity contribution in [3.8, 4) is 5.75 Å². The summed E-state index contributed by atoms with van der Waals surface area (Å²) in [5.74, 6) is -0.457. The zero-order valence-electron chi connectivity index (χ0n) is 17.0. The molecule has 0 unspecified atom stereocenters. The minimum absolute atomic E-state index is 0.00835. The second kappa shape index (κ2) is 8.94. The van der Waals surface area contributed by atoms with E-state index in [-0.39, 0.29) is 30.7 Å². The molecule has 154 valence electrons. The van der Waals surface area contributed by atoms with Crippen LogP contribution in [0.2, 0.25) is 0 Å². The molecule has 0 radical (unpaired) electrons. The number of rotatable bonds is 6. The summed E-state index contributed by atoms with van der Waals surface area (Å²) in [7, 11) is 1.53. The maximum absolute atomic E-state index is 14.4. The average molecular weight is 399 g/mol. The Morgan fingerprint density at radius 3 is 2.72 bits per heavy atom. The molecular formula is C22H26FN3O3. The minimum Gasteiger partial charge on any atom is -0.495 e. The molecule has 0 bridgehead atoms. The number of nitrogens with zero attached hydrogens (tertiary/aromatic N) is 1. The number of nitrogens with one attached hydrogen (secondary N) is 2. The number of fused-ring (bicyclic) bond motifs is 1. The van der Waals surface area contributed by atoms with E-state index in [2.05, 4.69) is 10.6 Å².